The van der Waals surface area contributed by atoms with Crippen molar-refractivity contribution >= 4 is 17.0 Å². The molecule has 6 heteroatoms. The first-order valence-electron chi connectivity index (χ1n) is 14.0. The van der Waals surface area contributed by atoms with Gasteiger partial charge in [-0.2, -0.15) is 0 Å². The zero-order valence-corrected chi connectivity index (χ0v) is 23.0. The second-order valence-electron chi connectivity index (χ2n) is 10.1. The van der Waals surface area contributed by atoms with E-state index < -0.39 is 5.97 Å². The summed E-state index contributed by atoms with van der Waals surface area (Å²) >= 11 is 0. The number of carbonyl (C=O) groups is 1. The Labute approximate surface area is 230 Å². The largest absolute Gasteiger partial charge is 0.478 e. The molecule has 5 aromatic rings. The predicted molar refractivity (Wildman–Crippen MR) is 158 cm³/mol. The third-order valence-electron chi connectivity index (χ3n) is 7.42. The van der Waals surface area contributed by atoms with Crippen LogP contribution >= 0.6 is 0 Å². The van der Waals surface area contributed by atoms with Gasteiger partial charge in [-0.1, -0.05) is 63.4 Å². The lowest BCUT2D eigenvalue weighted by atomic mass is 9.95. The molecule has 0 radical (unpaired) electrons. The Kier molecular flexibility index (Phi) is 7.92. The molecule has 2 aromatic heterocycles. The van der Waals surface area contributed by atoms with Gasteiger partial charge in [0.15, 0.2) is 0 Å². The van der Waals surface area contributed by atoms with Crippen molar-refractivity contribution in [2.24, 2.45) is 0 Å². The van der Waals surface area contributed by atoms with Crippen molar-refractivity contribution in [1.82, 2.24) is 19.1 Å². The lowest BCUT2D eigenvalue weighted by Gasteiger charge is -2.17. The van der Waals surface area contributed by atoms with Gasteiger partial charge in [-0.05, 0) is 66.8 Å². The quantitative estimate of drug-likeness (QED) is 0.179. The van der Waals surface area contributed by atoms with Gasteiger partial charge in [0.1, 0.15) is 11.6 Å². The Hall–Kier alpha value is -4.19. The highest BCUT2D eigenvalue weighted by Gasteiger charge is 2.19. The molecule has 39 heavy (non-hydrogen) atoms. The van der Waals surface area contributed by atoms with E-state index in [1.807, 2.05) is 30.5 Å². The summed E-state index contributed by atoms with van der Waals surface area (Å²) < 4.78 is 4.50. The maximum Gasteiger partial charge on any atom is 0.336 e. The zero-order valence-electron chi connectivity index (χ0n) is 23.0. The molecule has 0 amide bonds. The lowest BCUT2D eigenvalue weighted by Crippen LogP contribution is -2.05. The van der Waals surface area contributed by atoms with Crippen LogP contribution in [0, 0.1) is 6.92 Å². The number of hydrogen-bond donors (Lipinski definition) is 1. The van der Waals surface area contributed by atoms with Crippen LogP contribution in [0.2, 0.25) is 0 Å². The van der Waals surface area contributed by atoms with Crippen LogP contribution in [0.1, 0.15) is 67.7 Å². The maximum atomic E-state index is 12.0. The number of unbranched alkanes of at least 4 members (excludes halogenated alkanes) is 3. The van der Waals surface area contributed by atoms with Gasteiger partial charge in [0, 0.05) is 30.9 Å². The first-order chi connectivity index (χ1) is 19.0. The number of fused-ring (bicyclic) bond motifs is 1. The highest BCUT2D eigenvalue weighted by molar-refractivity contribution is 5.97. The summed E-state index contributed by atoms with van der Waals surface area (Å²) in [5.74, 6) is 1.04. The number of aryl methyl sites for hydroxylation is 2. The fourth-order valence-corrected chi connectivity index (χ4v) is 5.45. The van der Waals surface area contributed by atoms with Gasteiger partial charge in [-0.3, -0.25) is 4.57 Å². The van der Waals surface area contributed by atoms with Gasteiger partial charge < -0.3 is 9.67 Å². The highest BCUT2D eigenvalue weighted by Crippen LogP contribution is 2.34. The summed E-state index contributed by atoms with van der Waals surface area (Å²) in [5, 5.41) is 9.83. The van der Waals surface area contributed by atoms with Crippen LogP contribution in [0.4, 0.5) is 0 Å². The number of nitrogens with zero attached hydrogens (tertiary/aromatic N) is 4. The van der Waals surface area contributed by atoms with Gasteiger partial charge in [0.05, 0.1) is 22.3 Å². The van der Waals surface area contributed by atoms with Gasteiger partial charge in [-0.15, -0.1) is 0 Å². The Morgan fingerprint density at radius 3 is 2.54 bits per heavy atom. The van der Waals surface area contributed by atoms with Crippen molar-refractivity contribution in [1.29, 1.82) is 0 Å². The molecular formula is C33H36N4O2. The number of aromatic nitrogens is 4. The number of rotatable bonds is 11. The lowest BCUT2D eigenvalue weighted by molar-refractivity contribution is 0.0697. The molecule has 0 fully saturated rings. The normalized spacial score (nSPS) is 11.4. The van der Waals surface area contributed by atoms with E-state index in [2.05, 4.69) is 60.4 Å². The van der Waals surface area contributed by atoms with Crippen LogP contribution in [-0.2, 0) is 13.0 Å². The fraction of sp³-hybridized carbons (Fsp3) is 0.303. The van der Waals surface area contributed by atoms with E-state index in [-0.39, 0.29) is 0 Å². The molecule has 0 aliphatic rings. The second kappa shape index (κ2) is 11.7. The van der Waals surface area contributed by atoms with Crippen molar-refractivity contribution in [3.63, 3.8) is 0 Å². The van der Waals surface area contributed by atoms with Gasteiger partial charge in [-0.25, -0.2) is 14.8 Å². The molecule has 200 valence electrons. The monoisotopic (exact) mass is 520 g/mol. The zero-order chi connectivity index (χ0) is 27.4. The highest BCUT2D eigenvalue weighted by atomic mass is 16.4. The minimum atomic E-state index is -0.926. The molecule has 0 saturated heterocycles. The molecule has 2 heterocycles. The molecule has 5 rings (SSSR count). The van der Waals surface area contributed by atoms with E-state index in [4.69, 9.17) is 9.97 Å². The molecule has 1 N–H and O–H groups in total. The van der Waals surface area contributed by atoms with Gasteiger partial charge in [0.25, 0.3) is 0 Å². The number of aromatic carboxylic acids is 1. The Bertz CT molecular complexity index is 1610. The number of carboxylic acid groups (broad SMARTS) is 1. The molecular weight excluding hydrogens is 484 g/mol. The van der Waals surface area contributed by atoms with Crippen molar-refractivity contribution in [3.05, 3.63) is 90.0 Å². The van der Waals surface area contributed by atoms with Crippen LogP contribution in [0.15, 0.2) is 73.1 Å². The van der Waals surface area contributed by atoms with E-state index in [9.17, 15) is 9.90 Å². The van der Waals surface area contributed by atoms with Crippen LogP contribution < -0.4 is 0 Å². The van der Waals surface area contributed by atoms with E-state index in [0.717, 1.165) is 76.4 Å². The third kappa shape index (κ3) is 5.24. The summed E-state index contributed by atoms with van der Waals surface area (Å²) in [6.45, 7) is 7.42. The fourth-order valence-electron chi connectivity index (χ4n) is 5.45. The minimum Gasteiger partial charge on any atom is -0.478 e. The Morgan fingerprint density at radius 1 is 0.923 bits per heavy atom. The molecule has 0 aliphatic heterocycles. The third-order valence-corrected chi connectivity index (χ3v) is 7.42. The summed E-state index contributed by atoms with van der Waals surface area (Å²) in [6.07, 6.45) is 10.6. The van der Waals surface area contributed by atoms with Crippen LogP contribution in [0.25, 0.3) is 39.2 Å². The molecule has 0 unspecified atom stereocenters. The number of carboxylic acids is 1. The van der Waals surface area contributed by atoms with Crippen molar-refractivity contribution in [2.45, 2.75) is 65.8 Å². The standard InChI is InChI=1S/C33H36N4O2/c1-4-6-7-10-20-36-21-19-34-32(36)24-17-18-28-30(22-24)37(31(35-28)12-5-2)29-16-11-15-25(23(29)3)26-13-8-9-14-27(26)33(38)39/h8-9,11,13-19,21-22H,4-7,10,12,20H2,1-3H3,(H,38,39). The summed E-state index contributed by atoms with van der Waals surface area (Å²) in [4.78, 5) is 21.7. The second-order valence-corrected chi connectivity index (χ2v) is 10.1. The van der Waals surface area contributed by atoms with Crippen LogP contribution in [0.5, 0.6) is 0 Å². The van der Waals surface area contributed by atoms with E-state index in [1.165, 1.54) is 19.3 Å². The summed E-state index contributed by atoms with van der Waals surface area (Å²) in [5.41, 5.74) is 7.00. The van der Waals surface area contributed by atoms with E-state index in [1.54, 1.807) is 12.1 Å². The molecule has 0 spiro atoms. The van der Waals surface area contributed by atoms with Gasteiger partial charge >= 0.3 is 5.97 Å². The summed E-state index contributed by atoms with van der Waals surface area (Å²) in [6, 6.07) is 19.7. The van der Waals surface area contributed by atoms with E-state index >= 15 is 0 Å². The Balaban J connectivity index is 1.64. The first-order valence-corrected chi connectivity index (χ1v) is 14.0. The first kappa shape index (κ1) is 26.4. The van der Waals surface area contributed by atoms with Crippen molar-refractivity contribution < 1.29 is 9.90 Å². The molecule has 3 aromatic carbocycles. The SMILES string of the molecule is CCCCCCn1ccnc1-c1ccc2nc(CCC)n(-c3cccc(-c4ccccc4C(=O)O)c3C)c2c1. The van der Waals surface area contributed by atoms with Crippen molar-refractivity contribution in [3.8, 4) is 28.2 Å². The maximum absolute atomic E-state index is 12.0. The smallest absolute Gasteiger partial charge is 0.336 e. The number of imidazole rings is 2. The molecule has 0 atom stereocenters. The molecule has 0 aliphatic carbocycles. The van der Waals surface area contributed by atoms with Crippen LogP contribution in [0.3, 0.4) is 0 Å². The van der Waals surface area contributed by atoms with Crippen LogP contribution in [-0.4, -0.2) is 30.2 Å². The predicted octanol–water partition coefficient (Wildman–Crippen LogP) is 8.10. The Morgan fingerprint density at radius 2 is 1.74 bits per heavy atom. The average Bonchev–Trinajstić information content (AvgIpc) is 3.55. The summed E-state index contributed by atoms with van der Waals surface area (Å²) in [7, 11) is 0. The van der Waals surface area contributed by atoms with Crippen molar-refractivity contribution in [2.75, 3.05) is 0 Å². The van der Waals surface area contributed by atoms with E-state index in [0.29, 0.717) is 5.56 Å². The number of hydrogen-bond acceptors (Lipinski definition) is 3. The minimum absolute atomic E-state index is 0.301. The molecule has 0 bridgehead atoms. The number of benzene rings is 3. The topological polar surface area (TPSA) is 72.9 Å². The average molecular weight is 521 g/mol. The van der Waals surface area contributed by atoms with Gasteiger partial charge in [0.2, 0.25) is 0 Å². The molecule has 0 saturated carbocycles. The molecule has 6 nitrogen and oxygen atoms in total.